The summed E-state index contributed by atoms with van der Waals surface area (Å²) >= 11 is 1.29. The van der Waals surface area contributed by atoms with Gasteiger partial charge in [0, 0.05) is 0 Å². The summed E-state index contributed by atoms with van der Waals surface area (Å²) in [5.74, 6) is -0.740. The van der Waals surface area contributed by atoms with Gasteiger partial charge in [0.05, 0.1) is 10.9 Å². The predicted molar refractivity (Wildman–Crippen MR) is 57.9 cm³/mol. The van der Waals surface area contributed by atoms with Crippen LogP contribution in [-0.4, -0.2) is 10.7 Å². The molecule has 2 rings (SSSR count). The second kappa shape index (κ2) is 3.90. The average molecular weight is 237 g/mol. The maximum absolute atomic E-state index is 11.9. The topological polar surface area (TPSA) is 73.3 Å². The first-order valence-electron chi connectivity index (χ1n) is 4.42. The quantitative estimate of drug-likeness (QED) is 0.467. The van der Waals surface area contributed by atoms with Gasteiger partial charge in [-0.25, -0.2) is 0 Å². The van der Waals surface area contributed by atoms with Crippen molar-refractivity contribution in [3.8, 4) is 0 Å². The van der Waals surface area contributed by atoms with E-state index in [0.717, 1.165) is 5.56 Å². The first kappa shape index (κ1) is 10.6. The highest BCUT2D eigenvalue weighted by Crippen LogP contribution is 2.23. The molecule has 5 nitrogen and oxygen atoms in total. The number of hydrogen-bond donors (Lipinski definition) is 0. The Morgan fingerprint density at radius 1 is 1.44 bits per heavy atom. The lowest BCUT2D eigenvalue weighted by molar-refractivity contribution is -0.402. The van der Waals surface area contributed by atoms with Crippen molar-refractivity contribution in [1.82, 2.24) is 0 Å². The van der Waals surface area contributed by atoms with E-state index in [9.17, 15) is 14.9 Å². The summed E-state index contributed by atoms with van der Waals surface area (Å²) in [6.07, 6.45) is 0. The highest BCUT2D eigenvalue weighted by atomic mass is 32.1. The van der Waals surface area contributed by atoms with Crippen LogP contribution in [0, 0.1) is 17.0 Å². The number of nitrogens with zero attached hydrogens (tertiary/aromatic N) is 1. The van der Waals surface area contributed by atoms with E-state index >= 15 is 0 Å². The van der Waals surface area contributed by atoms with Crippen LogP contribution in [0.3, 0.4) is 0 Å². The Labute approximate surface area is 94.5 Å². The van der Waals surface area contributed by atoms with Crippen LogP contribution in [0.1, 0.15) is 21.0 Å². The van der Waals surface area contributed by atoms with E-state index in [-0.39, 0.29) is 11.5 Å². The third-order valence-electron chi connectivity index (χ3n) is 2.06. The van der Waals surface area contributed by atoms with Crippen molar-refractivity contribution in [3.05, 3.63) is 49.9 Å². The van der Waals surface area contributed by atoms with Crippen molar-refractivity contribution in [2.75, 3.05) is 0 Å². The van der Waals surface area contributed by atoms with E-state index in [1.54, 1.807) is 12.3 Å². The van der Waals surface area contributed by atoms with Gasteiger partial charge in [0.25, 0.3) is 0 Å². The monoisotopic (exact) mass is 237 g/mol. The molecule has 2 aromatic rings. The van der Waals surface area contributed by atoms with Crippen LogP contribution in [0.2, 0.25) is 0 Å². The van der Waals surface area contributed by atoms with Crippen LogP contribution < -0.4 is 0 Å². The largest absolute Gasteiger partial charge is 0.433 e. The van der Waals surface area contributed by atoms with Crippen LogP contribution >= 0.6 is 11.3 Å². The Balaban J connectivity index is 2.35. The van der Waals surface area contributed by atoms with Crippen LogP contribution in [0.15, 0.2) is 28.0 Å². The number of aryl methyl sites for hydroxylation is 1. The van der Waals surface area contributed by atoms with E-state index in [2.05, 4.69) is 0 Å². The van der Waals surface area contributed by atoms with Crippen LogP contribution in [0.5, 0.6) is 0 Å². The maximum Gasteiger partial charge on any atom is 0.433 e. The molecule has 0 aromatic carbocycles. The number of carbonyl (C=O) groups is 1. The van der Waals surface area contributed by atoms with Gasteiger partial charge in [-0.3, -0.25) is 14.9 Å². The molecule has 0 bridgehead atoms. The van der Waals surface area contributed by atoms with Gasteiger partial charge in [-0.2, -0.15) is 0 Å². The highest BCUT2D eigenvalue weighted by molar-refractivity contribution is 7.12. The van der Waals surface area contributed by atoms with Crippen LogP contribution in [-0.2, 0) is 0 Å². The van der Waals surface area contributed by atoms with E-state index in [0.29, 0.717) is 4.88 Å². The number of hydrogen-bond acceptors (Lipinski definition) is 5. The van der Waals surface area contributed by atoms with Crippen molar-refractivity contribution >= 4 is 23.0 Å². The van der Waals surface area contributed by atoms with Crippen molar-refractivity contribution in [1.29, 1.82) is 0 Å². The van der Waals surface area contributed by atoms with Crippen molar-refractivity contribution in [3.63, 3.8) is 0 Å². The first-order valence-corrected chi connectivity index (χ1v) is 5.30. The SMILES string of the molecule is Cc1ccsc1C(=O)c1ccc([N+](=O)[O-])o1. The molecule has 0 saturated heterocycles. The zero-order chi connectivity index (χ0) is 11.7. The third kappa shape index (κ3) is 1.74. The third-order valence-corrected chi connectivity index (χ3v) is 3.08. The van der Waals surface area contributed by atoms with Gasteiger partial charge < -0.3 is 4.42 Å². The summed E-state index contributed by atoms with van der Waals surface area (Å²) < 4.78 is 4.84. The molecule has 0 saturated carbocycles. The molecule has 6 heteroatoms. The number of nitro groups is 1. The predicted octanol–water partition coefficient (Wildman–Crippen LogP) is 2.79. The minimum absolute atomic E-state index is 0.00255. The molecule has 0 fully saturated rings. The first-order chi connectivity index (χ1) is 7.59. The Morgan fingerprint density at radius 3 is 2.69 bits per heavy atom. The molecule has 2 aromatic heterocycles. The van der Waals surface area contributed by atoms with Gasteiger partial charge in [-0.05, 0) is 30.0 Å². The van der Waals surface area contributed by atoms with Gasteiger partial charge >= 0.3 is 5.88 Å². The van der Waals surface area contributed by atoms with Gasteiger partial charge in [0.15, 0.2) is 5.76 Å². The molecule has 0 aliphatic heterocycles. The molecule has 82 valence electrons. The summed E-state index contributed by atoms with van der Waals surface area (Å²) in [5.41, 5.74) is 0.842. The molecule has 0 aliphatic rings. The molecule has 0 unspecified atom stereocenters. The Morgan fingerprint density at radius 2 is 2.19 bits per heavy atom. The molecule has 0 N–H and O–H groups in total. The molecule has 0 radical (unpaired) electrons. The molecular weight excluding hydrogens is 230 g/mol. The fraction of sp³-hybridized carbons (Fsp3) is 0.100. The lowest BCUT2D eigenvalue weighted by atomic mass is 10.2. The summed E-state index contributed by atoms with van der Waals surface area (Å²) in [5, 5.41) is 12.2. The minimum Gasteiger partial charge on any atom is -0.397 e. The molecule has 2 heterocycles. The fourth-order valence-corrected chi connectivity index (χ4v) is 2.13. The van der Waals surface area contributed by atoms with Crippen LogP contribution in [0.4, 0.5) is 5.88 Å². The summed E-state index contributed by atoms with van der Waals surface area (Å²) in [7, 11) is 0. The zero-order valence-electron chi connectivity index (χ0n) is 8.30. The summed E-state index contributed by atoms with van der Waals surface area (Å²) in [6, 6.07) is 4.31. The normalized spacial score (nSPS) is 10.3. The van der Waals surface area contributed by atoms with Crippen molar-refractivity contribution in [2.24, 2.45) is 0 Å². The lowest BCUT2D eigenvalue weighted by Gasteiger charge is -1.93. The van der Waals surface area contributed by atoms with Gasteiger partial charge in [0.1, 0.15) is 4.92 Å². The standard InChI is InChI=1S/C10H7NO4S/c1-6-4-5-16-10(6)9(12)7-2-3-8(15-7)11(13)14/h2-5H,1H3. The number of rotatable bonds is 3. The molecular formula is C10H7NO4S. The number of furan rings is 1. The molecule has 16 heavy (non-hydrogen) atoms. The fourth-order valence-electron chi connectivity index (χ4n) is 1.27. The molecule has 0 amide bonds. The maximum atomic E-state index is 11.9. The molecule has 0 atom stereocenters. The summed E-state index contributed by atoms with van der Waals surface area (Å²) in [6.45, 7) is 1.81. The zero-order valence-corrected chi connectivity index (χ0v) is 9.11. The minimum atomic E-state index is -0.669. The van der Waals surface area contributed by atoms with Crippen molar-refractivity contribution < 1.29 is 14.1 Å². The van der Waals surface area contributed by atoms with Gasteiger partial charge in [-0.15, -0.1) is 11.3 Å². The van der Waals surface area contributed by atoms with E-state index in [1.807, 2.05) is 6.07 Å². The Kier molecular flexibility index (Phi) is 2.57. The van der Waals surface area contributed by atoms with E-state index in [1.165, 1.54) is 23.5 Å². The average Bonchev–Trinajstić information content (AvgIpc) is 2.84. The Hall–Kier alpha value is -1.95. The van der Waals surface area contributed by atoms with E-state index in [4.69, 9.17) is 4.42 Å². The summed E-state index contributed by atoms with van der Waals surface area (Å²) in [4.78, 5) is 22.1. The molecule has 0 spiro atoms. The second-order valence-electron chi connectivity index (χ2n) is 3.16. The second-order valence-corrected chi connectivity index (χ2v) is 4.07. The number of ketones is 1. The lowest BCUT2D eigenvalue weighted by Crippen LogP contribution is -1.98. The molecule has 0 aliphatic carbocycles. The van der Waals surface area contributed by atoms with Crippen molar-refractivity contribution in [2.45, 2.75) is 6.92 Å². The van der Waals surface area contributed by atoms with Gasteiger partial charge in [0.2, 0.25) is 5.78 Å². The number of carbonyl (C=O) groups excluding carboxylic acids is 1. The highest BCUT2D eigenvalue weighted by Gasteiger charge is 2.20. The van der Waals surface area contributed by atoms with Crippen LogP contribution in [0.25, 0.3) is 0 Å². The van der Waals surface area contributed by atoms with Gasteiger partial charge in [-0.1, -0.05) is 0 Å². The smallest absolute Gasteiger partial charge is 0.397 e. The Bertz CT molecular complexity index is 555. The van der Waals surface area contributed by atoms with E-state index < -0.39 is 10.8 Å². The number of thiophene rings is 1.